The summed E-state index contributed by atoms with van der Waals surface area (Å²) in [5.41, 5.74) is 1.92. The summed E-state index contributed by atoms with van der Waals surface area (Å²) in [6, 6.07) is 0. The minimum atomic E-state index is -0.357. The molecule has 0 aliphatic rings. The molecule has 0 fully saturated rings. The van der Waals surface area contributed by atoms with Gasteiger partial charge in [-0.25, -0.2) is 9.78 Å². The average Bonchev–Trinajstić information content (AvgIpc) is 3.11. The van der Waals surface area contributed by atoms with E-state index in [9.17, 15) is 4.79 Å². The van der Waals surface area contributed by atoms with Crippen LogP contribution in [0.5, 0.6) is 5.19 Å². The SMILES string of the molecule is [3H]c1csc(OCc2c(CC)cncc2-n2nnn(C)c2=O)n1. The number of tetrazole rings is 1. The smallest absolute Gasteiger partial charge is 0.368 e. The van der Waals surface area contributed by atoms with E-state index in [0.717, 1.165) is 22.2 Å². The molecule has 0 saturated heterocycles. The molecular formula is C13H14N6O2S. The Morgan fingerprint density at radius 3 is 2.91 bits per heavy atom. The Morgan fingerprint density at radius 2 is 2.27 bits per heavy atom. The zero-order valence-corrected chi connectivity index (χ0v) is 12.9. The third kappa shape index (κ3) is 2.62. The van der Waals surface area contributed by atoms with E-state index in [0.29, 0.717) is 10.9 Å². The summed E-state index contributed by atoms with van der Waals surface area (Å²) < 4.78 is 15.4. The first-order chi connectivity index (χ1) is 11.1. The molecular weight excluding hydrogens is 304 g/mol. The highest BCUT2D eigenvalue weighted by molar-refractivity contribution is 7.11. The molecule has 0 bridgehead atoms. The fourth-order valence-electron chi connectivity index (χ4n) is 2.02. The van der Waals surface area contributed by atoms with Gasteiger partial charge in [-0.15, -0.1) is 0 Å². The molecule has 0 unspecified atom stereocenters. The number of hydrogen-bond donors (Lipinski definition) is 0. The highest BCUT2D eigenvalue weighted by atomic mass is 32.1. The van der Waals surface area contributed by atoms with E-state index in [2.05, 4.69) is 20.4 Å². The Hall–Kier alpha value is -2.55. The largest absolute Gasteiger partial charge is 0.465 e. The van der Waals surface area contributed by atoms with Crippen LogP contribution in [0, 0.1) is 0 Å². The van der Waals surface area contributed by atoms with Crippen LogP contribution < -0.4 is 10.4 Å². The Kier molecular flexibility index (Phi) is 3.62. The summed E-state index contributed by atoms with van der Waals surface area (Å²) in [7, 11) is 1.53. The van der Waals surface area contributed by atoms with Crippen molar-refractivity contribution in [3.05, 3.63) is 45.6 Å². The van der Waals surface area contributed by atoms with Gasteiger partial charge in [0.05, 0.1) is 13.3 Å². The van der Waals surface area contributed by atoms with Crippen LogP contribution in [0.2, 0.25) is 0 Å². The highest BCUT2D eigenvalue weighted by Crippen LogP contribution is 2.21. The van der Waals surface area contributed by atoms with Gasteiger partial charge in [0.1, 0.15) is 6.61 Å². The number of thiazole rings is 1. The van der Waals surface area contributed by atoms with E-state index in [1.165, 1.54) is 23.1 Å². The van der Waals surface area contributed by atoms with Gasteiger partial charge < -0.3 is 4.74 Å². The van der Waals surface area contributed by atoms with Crippen molar-refractivity contribution in [2.45, 2.75) is 20.0 Å². The van der Waals surface area contributed by atoms with Crippen LogP contribution in [0.3, 0.4) is 0 Å². The number of pyridine rings is 1. The van der Waals surface area contributed by atoms with E-state index < -0.39 is 0 Å². The molecule has 3 aromatic rings. The van der Waals surface area contributed by atoms with E-state index in [1.807, 2.05) is 6.92 Å². The number of rotatable bonds is 5. The minimum Gasteiger partial charge on any atom is -0.465 e. The maximum absolute atomic E-state index is 12.1. The molecule has 22 heavy (non-hydrogen) atoms. The zero-order valence-electron chi connectivity index (χ0n) is 13.1. The summed E-state index contributed by atoms with van der Waals surface area (Å²) in [5.74, 6) is 0. The first-order valence-electron chi connectivity index (χ1n) is 7.10. The van der Waals surface area contributed by atoms with Gasteiger partial charge in [-0.1, -0.05) is 18.3 Å². The van der Waals surface area contributed by atoms with Crippen LogP contribution in [0.15, 0.2) is 28.7 Å². The van der Waals surface area contributed by atoms with Crippen molar-refractivity contribution in [2.24, 2.45) is 7.05 Å². The van der Waals surface area contributed by atoms with Crippen LogP contribution in [-0.2, 0) is 20.1 Å². The summed E-state index contributed by atoms with van der Waals surface area (Å²) in [4.78, 5) is 20.2. The quantitative estimate of drug-likeness (QED) is 0.696. The van der Waals surface area contributed by atoms with Crippen molar-refractivity contribution in [1.82, 2.24) is 29.8 Å². The molecule has 114 valence electrons. The van der Waals surface area contributed by atoms with Gasteiger partial charge in [-0.2, -0.15) is 9.36 Å². The molecule has 0 saturated carbocycles. The number of aryl methyl sites for hydroxylation is 2. The van der Waals surface area contributed by atoms with Crippen molar-refractivity contribution < 1.29 is 6.11 Å². The molecule has 0 N–H and O–H groups in total. The number of aromatic nitrogens is 6. The molecule has 3 aromatic heterocycles. The van der Waals surface area contributed by atoms with Crippen molar-refractivity contribution in [3.63, 3.8) is 0 Å². The first-order valence-corrected chi connectivity index (χ1v) is 7.48. The maximum atomic E-state index is 12.1. The second kappa shape index (κ2) is 6.06. The molecule has 0 atom stereocenters. The molecule has 0 aliphatic heterocycles. The Labute approximate surface area is 131 Å². The minimum absolute atomic E-state index is 0.167. The number of nitrogens with zero attached hydrogens (tertiary/aromatic N) is 6. The topological polar surface area (TPSA) is 87.7 Å². The van der Waals surface area contributed by atoms with Gasteiger partial charge in [-0.3, -0.25) is 4.98 Å². The van der Waals surface area contributed by atoms with Gasteiger partial charge in [-0.05, 0) is 22.4 Å². The predicted octanol–water partition coefficient (Wildman–Crippen LogP) is 0.959. The number of hydrogen-bond acceptors (Lipinski definition) is 7. The van der Waals surface area contributed by atoms with Crippen LogP contribution in [-0.4, -0.2) is 29.8 Å². The second-order valence-corrected chi connectivity index (χ2v) is 5.30. The molecule has 3 heterocycles. The Balaban J connectivity index is 2.00. The summed E-state index contributed by atoms with van der Waals surface area (Å²) >= 11 is 1.25. The van der Waals surface area contributed by atoms with E-state index in [1.54, 1.807) is 17.8 Å². The van der Waals surface area contributed by atoms with Crippen LogP contribution in [0.1, 0.15) is 19.4 Å². The third-order valence-electron chi connectivity index (χ3n) is 3.16. The Bertz CT molecular complexity index is 887. The van der Waals surface area contributed by atoms with Crippen LogP contribution in [0.4, 0.5) is 0 Å². The van der Waals surface area contributed by atoms with E-state index >= 15 is 0 Å². The number of ether oxygens (including phenoxy) is 1. The summed E-state index contributed by atoms with van der Waals surface area (Å²) in [5, 5.41) is 9.59. The van der Waals surface area contributed by atoms with Gasteiger partial charge in [0.25, 0.3) is 5.19 Å². The molecule has 9 heteroatoms. The lowest BCUT2D eigenvalue weighted by atomic mass is 10.1. The van der Waals surface area contributed by atoms with Crippen molar-refractivity contribution in [1.29, 1.82) is 0 Å². The average molecular weight is 320 g/mol. The molecule has 0 amide bonds. The molecule has 0 aliphatic carbocycles. The second-order valence-electron chi connectivity index (χ2n) is 4.48. The Morgan fingerprint density at radius 1 is 1.41 bits per heavy atom. The normalized spacial score (nSPS) is 11.5. The highest BCUT2D eigenvalue weighted by Gasteiger charge is 2.15. The van der Waals surface area contributed by atoms with E-state index in [-0.39, 0.29) is 18.5 Å². The standard InChI is InChI=1S/C13H14N6O2S/c1-3-9-6-14-7-11(19-13(20)18(2)16-17-19)10(9)8-21-12-15-4-5-22-12/h4-7H,3,8H2,1-2H3/i4T. The van der Waals surface area contributed by atoms with Crippen molar-refractivity contribution in [2.75, 3.05) is 0 Å². The lowest BCUT2D eigenvalue weighted by Gasteiger charge is -2.12. The molecule has 3 rings (SSSR count). The fourth-order valence-corrected chi connectivity index (χ4v) is 2.46. The van der Waals surface area contributed by atoms with Crippen molar-refractivity contribution in [3.8, 4) is 10.9 Å². The zero-order chi connectivity index (χ0) is 16.4. The van der Waals surface area contributed by atoms with Gasteiger partial charge in [0, 0.05) is 30.4 Å². The van der Waals surface area contributed by atoms with Gasteiger partial charge >= 0.3 is 5.69 Å². The fraction of sp³-hybridized carbons (Fsp3) is 0.308. The summed E-state index contributed by atoms with van der Waals surface area (Å²) in [6.45, 7) is 2.20. The maximum Gasteiger partial charge on any atom is 0.368 e. The predicted molar refractivity (Wildman–Crippen MR) is 80.2 cm³/mol. The van der Waals surface area contributed by atoms with Gasteiger partial charge in [0.2, 0.25) is 0 Å². The summed E-state index contributed by atoms with van der Waals surface area (Å²) in [6.07, 6.45) is 4.20. The van der Waals surface area contributed by atoms with Crippen molar-refractivity contribution >= 4 is 11.3 Å². The van der Waals surface area contributed by atoms with Crippen LogP contribution >= 0.6 is 11.3 Å². The van der Waals surface area contributed by atoms with Crippen LogP contribution in [0.25, 0.3) is 5.69 Å². The molecule has 8 nitrogen and oxygen atoms in total. The van der Waals surface area contributed by atoms with E-state index in [4.69, 9.17) is 6.11 Å². The molecule has 0 aromatic carbocycles. The third-order valence-corrected chi connectivity index (χ3v) is 3.80. The molecule has 0 spiro atoms. The lowest BCUT2D eigenvalue weighted by molar-refractivity contribution is 0.302. The van der Waals surface area contributed by atoms with Gasteiger partial charge in [0.15, 0.2) is 0 Å². The first kappa shape index (κ1) is 13.1. The molecule has 0 radical (unpaired) electrons. The lowest BCUT2D eigenvalue weighted by Crippen LogP contribution is -2.23. The monoisotopic (exact) mass is 320 g/mol.